The standard InChI is InChI=1S/C11H19NO3/c1-3-11(14)15-10-7-5-4-6-9(10)12-8(2)13/h9-10H,3-7H2,1-2H3,(H,12,13)/t9-,10-/m0/s1. The summed E-state index contributed by atoms with van der Waals surface area (Å²) in [6.07, 6.45) is 4.18. The molecular formula is C11H19NO3. The molecule has 86 valence electrons. The van der Waals surface area contributed by atoms with Crippen LogP contribution in [0.3, 0.4) is 0 Å². The van der Waals surface area contributed by atoms with E-state index in [9.17, 15) is 9.59 Å². The largest absolute Gasteiger partial charge is 0.460 e. The number of rotatable bonds is 3. The molecule has 2 atom stereocenters. The van der Waals surface area contributed by atoms with E-state index in [1.807, 2.05) is 0 Å². The van der Waals surface area contributed by atoms with Gasteiger partial charge in [-0.25, -0.2) is 0 Å². The number of ether oxygens (including phenoxy) is 1. The van der Waals surface area contributed by atoms with Crippen LogP contribution in [0.25, 0.3) is 0 Å². The Balaban J connectivity index is 2.49. The first-order valence-corrected chi connectivity index (χ1v) is 5.60. The SMILES string of the molecule is CCC(=O)O[C@H]1CCCC[C@@H]1NC(C)=O. The highest BCUT2D eigenvalue weighted by molar-refractivity contribution is 5.73. The van der Waals surface area contributed by atoms with Gasteiger partial charge in [0.15, 0.2) is 0 Å². The second kappa shape index (κ2) is 5.73. The van der Waals surface area contributed by atoms with E-state index in [-0.39, 0.29) is 24.0 Å². The van der Waals surface area contributed by atoms with Gasteiger partial charge in [0.2, 0.25) is 5.91 Å². The third-order valence-electron chi connectivity index (χ3n) is 2.66. The summed E-state index contributed by atoms with van der Waals surface area (Å²) >= 11 is 0. The lowest BCUT2D eigenvalue weighted by molar-refractivity contribution is -0.152. The average Bonchev–Trinajstić information content (AvgIpc) is 2.20. The molecule has 1 amide bonds. The van der Waals surface area contributed by atoms with Crippen LogP contribution >= 0.6 is 0 Å². The highest BCUT2D eigenvalue weighted by atomic mass is 16.5. The van der Waals surface area contributed by atoms with Crippen molar-refractivity contribution in [2.24, 2.45) is 0 Å². The zero-order valence-electron chi connectivity index (χ0n) is 9.41. The molecule has 0 radical (unpaired) electrons. The first kappa shape index (κ1) is 12.0. The average molecular weight is 213 g/mol. The number of esters is 1. The Morgan fingerprint density at radius 1 is 1.33 bits per heavy atom. The van der Waals surface area contributed by atoms with Gasteiger partial charge in [0.05, 0.1) is 6.04 Å². The second-order valence-electron chi connectivity index (χ2n) is 3.97. The molecule has 0 spiro atoms. The summed E-state index contributed by atoms with van der Waals surface area (Å²) in [7, 11) is 0. The zero-order valence-corrected chi connectivity index (χ0v) is 9.41. The Morgan fingerprint density at radius 2 is 2.00 bits per heavy atom. The van der Waals surface area contributed by atoms with E-state index >= 15 is 0 Å². The zero-order chi connectivity index (χ0) is 11.3. The van der Waals surface area contributed by atoms with E-state index in [0.29, 0.717) is 6.42 Å². The van der Waals surface area contributed by atoms with Gasteiger partial charge >= 0.3 is 5.97 Å². The van der Waals surface area contributed by atoms with Crippen LogP contribution in [0.4, 0.5) is 0 Å². The van der Waals surface area contributed by atoms with Crippen molar-refractivity contribution < 1.29 is 14.3 Å². The van der Waals surface area contributed by atoms with E-state index < -0.39 is 0 Å². The fraction of sp³-hybridized carbons (Fsp3) is 0.818. The van der Waals surface area contributed by atoms with Crippen LogP contribution in [0.5, 0.6) is 0 Å². The fourth-order valence-corrected chi connectivity index (χ4v) is 1.92. The van der Waals surface area contributed by atoms with Crippen LogP contribution in [-0.2, 0) is 14.3 Å². The van der Waals surface area contributed by atoms with Gasteiger partial charge in [-0.05, 0) is 19.3 Å². The molecule has 0 heterocycles. The Hall–Kier alpha value is -1.06. The van der Waals surface area contributed by atoms with Gasteiger partial charge in [0.1, 0.15) is 6.10 Å². The van der Waals surface area contributed by atoms with Gasteiger partial charge in [-0.2, -0.15) is 0 Å². The van der Waals surface area contributed by atoms with E-state index in [4.69, 9.17) is 4.74 Å². The van der Waals surface area contributed by atoms with Gasteiger partial charge in [0, 0.05) is 13.3 Å². The Kier molecular flexibility index (Phi) is 4.59. The maximum atomic E-state index is 11.2. The monoisotopic (exact) mass is 213 g/mol. The van der Waals surface area contributed by atoms with Crippen LogP contribution in [0.15, 0.2) is 0 Å². The number of carbonyl (C=O) groups is 2. The van der Waals surface area contributed by atoms with Crippen molar-refractivity contribution >= 4 is 11.9 Å². The Bertz CT molecular complexity index is 240. The molecule has 1 saturated carbocycles. The molecule has 0 aromatic rings. The van der Waals surface area contributed by atoms with Crippen molar-refractivity contribution in [1.82, 2.24) is 5.32 Å². The van der Waals surface area contributed by atoms with Gasteiger partial charge < -0.3 is 10.1 Å². The fourth-order valence-electron chi connectivity index (χ4n) is 1.92. The minimum absolute atomic E-state index is 0.00625. The van der Waals surface area contributed by atoms with Crippen LogP contribution in [0.1, 0.15) is 46.0 Å². The van der Waals surface area contributed by atoms with Crippen molar-refractivity contribution in [3.05, 3.63) is 0 Å². The van der Waals surface area contributed by atoms with Crippen molar-refractivity contribution in [3.8, 4) is 0 Å². The molecule has 0 saturated heterocycles. The lowest BCUT2D eigenvalue weighted by Gasteiger charge is -2.31. The Labute approximate surface area is 90.4 Å². The third kappa shape index (κ3) is 3.90. The highest BCUT2D eigenvalue weighted by Crippen LogP contribution is 2.21. The number of nitrogens with one attached hydrogen (secondary N) is 1. The van der Waals surface area contributed by atoms with E-state index in [1.54, 1.807) is 6.92 Å². The molecule has 1 rings (SSSR count). The first-order chi connectivity index (χ1) is 7.13. The molecule has 0 aromatic heterocycles. The minimum atomic E-state index is -0.183. The first-order valence-electron chi connectivity index (χ1n) is 5.60. The molecular weight excluding hydrogens is 194 g/mol. The van der Waals surface area contributed by atoms with Crippen LogP contribution in [0, 0.1) is 0 Å². The topological polar surface area (TPSA) is 55.4 Å². The molecule has 15 heavy (non-hydrogen) atoms. The number of carbonyl (C=O) groups excluding carboxylic acids is 2. The lowest BCUT2D eigenvalue weighted by atomic mass is 9.92. The molecule has 4 heteroatoms. The summed E-state index contributed by atoms with van der Waals surface area (Å²) in [6.45, 7) is 3.27. The summed E-state index contributed by atoms with van der Waals surface area (Å²) in [5.74, 6) is -0.239. The molecule has 0 aromatic carbocycles. The summed E-state index contributed by atoms with van der Waals surface area (Å²) in [5, 5.41) is 2.85. The third-order valence-corrected chi connectivity index (χ3v) is 2.66. The van der Waals surface area contributed by atoms with Crippen molar-refractivity contribution in [2.75, 3.05) is 0 Å². The smallest absolute Gasteiger partial charge is 0.305 e. The molecule has 0 bridgehead atoms. The Morgan fingerprint density at radius 3 is 2.60 bits per heavy atom. The minimum Gasteiger partial charge on any atom is -0.460 e. The van der Waals surface area contributed by atoms with Crippen molar-refractivity contribution in [3.63, 3.8) is 0 Å². The summed E-state index contributed by atoms with van der Waals surface area (Å²) in [4.78, 5) is 22.1. The second-order valence-corrected chi connectivity index (χ2v) is 3.97. The van der Waals surface area contributed by atoms with Crippen LogP contribution < -0.4 is 5.32 Å². The van der Waals surface area contributed by atoms with Gasteiger partial charge in [0.25, 0.3) is 0 Å². The predicted molar refractivity (Wildman–Crippen MR) is 56.2 cm³/mol. The predicted octanol–water partition coefficient (Wildman–Crippen LogP) is 1.39. The van der Waals surface area contributed by atoms with Gasteiger partial charge in [-0.1, -0.05) is 13.3 Å². The lowest BCUT2D eigenvalue weighted by Crippen LogP contribution is -2.46. The number of amides is 1. The molecule has 4 nitrogen and oxygen atoms in total. The van der Waals surface area contributed by atoms with Crippen LogP contribution in [-0.4, -0.2) is 24.0 Å². The van der Waals surface area contributed by atoms with Crippen molar-refractivity contribution in [2.45, 2.75) is 58.1 Å². The number of hydrogen-bond acceptors (Lipinski definition) is 3. The van der Waals surface area contributed by atoms with E-state index in [0.717, 1.165) is 25.7 Å². The van der Waals surface area contributed by atoms with Gasteiger partial charge in [-0.3, -0.25) is 9.59 Å². The molecule has 0 unspecified atom stereocenters. The van der Waals surface area contributed by atoms with Crippen LogP contribution in [0.2, 0.25) is 0 Å². The van der Waals surface area contributed by atoms with E-state index in [1.165, 1.54) is 6.92 Å². The summed E-state index contributed by atoms with van der Waals surface area (Å²) in [5.41, 5.74) is 0. The van der Waals surface area contributed by atoms with E-state index in [2.05, 4.69) is 5.32 Å². The number of hydrogen-bond donors (Lipinski definition) is 1. The maximum Gasteiger partial charge on any atom is 0.305 e. The molecule has 1 aliphatic rings. The molecule has 1 aliphatic carbocycles. The summed E-state index contributed by atoms with van der Waals surface area (Å²) in [6, 6.07) is 0.00625. The highest BCUT2D eigenvalue weighted by Gasteiger charge is 2.28. The van der Waals surface area contributed by atoms with Crippen molar-refractivity contribution in [1.29, 1.82) is 0 Å². The maximum absolute atomic E-state index is 11.2. The summed E-state index contributed by atoms with van der Waals surface area (Å²) < 4.78 is 5.30. The quantitative estimate of drug-likeness (QED) is 0.721. The molecule has 0 aliphatic heterocycles. The van der Waals surface area contributed by atoms with Gasteiger partial charge in [-0.15, -0.1) is 0 Å². The molecule has 1 N–H and O–H groups in total. The normalized spacial score (nSPS) is 25.7. The molecule has 1 fully saturated rings.